The second kappa shape index (κ2) is 6.11. The van der Waals surface area contributed by atoms with E-state index in [-0.39, 0.29) is 5.38 Å². The van der Waals surface area contributed by atoms with Crippen LogP contribution in [0.3, 0.4) is 0 Å². The van der Waals surface area contributed by atoms with Crippen molar-refractivity contribution in [1.82, 2.24) is 9.78 Å². The molecule has 0 saturated carbocycles. The number of benzene rings is 1. The zero-order valence-electron chi connectivity index (χ0n) is 11.6. The van der Waals surface area contributed by atoms with Gasteiger partial charge in [-0.05, 0) is 19.4 Å². The molecule has 0 N–H and O–H groups in total. The summed E-state index contributed by atoms with van der Waals surface area (Å²) >= 11 is 6.21. The van der Waals surface area contributed by atoms with Gasteiger partial charge in [-0.15, -0.1) is 11.6 Å². The molecule has 0 bridgehead atoms. The Labute approximate surface area is 119 Å². The Morgan fingerprint density at radius 2 is 2.21 bits per heavy atom. The molecular formula is C15H19ClN2O. The maximum Gasteiger partial charge on any atom is 0.123 e. The highest BCUT2D eigenvalue weighted by molar-refractivity contribution is 6.20. The first kappa shape index (κ1) is 13.9. The molecule has 0 amide bonds. The normalized spacial score (nSPS) is 12.4. The maximum absolute atomic E-state index is 6.21. The predicted molar refractivity (Wildman–Crippen MR) is 77.9 cm³/mol. The highest BCUT2D eigenvalue weighted by Crippen LogP contribution is 2.24. The zero-order valence-corrected chi connectivity index (χ0v) is 12.3. The number of rotatable bonds is 5. The van der Waals surface area contributed by atoms with Gasteiger partial charge in [0.2, 0.25) is 0 Å². The second-order valence-electron chi connectivity index (χ2n) is 4.66. The van der Waals surface area contributed by atoms with Crippen LogP contribution in [0.15, 0.2) is 30.6 Å². The first-order chi connectivity index (χ1) is 9.13. The van der Waals surface area contributed by atoms with Gasteiger partial charge in [0.1, 0.15) is 5.75 Å². The highest BCUT2D eigenvalue weighted by atomic mass is 35.5. The molecule has 2 rings (SSSR count). The van der Waals surface area contributed by atoms with Crippen molar-refractivity contribution in [2.24, 2.45) is 0 Å². The third-order valence-electron chi connectivity index (χ3n) is 3.14. The largest absolute Gasteiger partial charge is 0.496 e. The Morgan fingerprint density at radius 3 is 2.89 bits per heavy atom. The number of nitrogens with zero attached hydrogens (tertiary/aromatic N) is 2. The van der Waals surface area contributed by atoms with Gasteiger partial charge >= 0.3 is 0 Å². The molecule has 19 heavy (non-hydrogen) atoms. The van der Waals surface area contributed by atoms with Gasteiger partial charge in [-0.3, -0.25) is 4.68 Å². The Kier molecular flexibility index (Phi) is 4.48. The third-order valence-corrected chi connectivity index (χ3v) is 3.70. The van der Waals surface area contributed by atoms with Crippen LogP contribution in [0.5, 0.6) is 5.75 Å². The number of ether oxygens (including phenoxy) is 1. The summed E-state index contributed by atoms with van der Waals surface area (Å²) in [6.45, 7) is 4.83. The summed E-state index contributed by atoms with van der Waals surface area (Å²) in [5.74, 6) is 0.889. The topological polar surface area (TPSA) is 27.1 Å². The van der Waals surface area contributed by atoms with Crippen molar-refractivity contribution in [3.8, 4) is 5.75 Å². The fourth-order valence-corrected chi connectivity index (χ4v) is 2.18. The van der Waals surface area contributed by atoms with Crippen LogP contribution in [0.2, 0.25) is 0 Å². The number of hydrogen-bond acceptors (Lipinski definition) is 2. The van der Waals surface area contributed by atoms with E-state index in [2.05, 4.69) is 25.0 Å². The monoisotopic (exact) mass is 278 g/mol. The quantitative estimate of drug-likeness (QED) is 0.775. The van der Waals surface area contributed by atoms with Crippen LogP contribution >= 0.6 is 11.6 Å². The van der Waals surface area contributed by atoms with E-state index in [0.29, 0.717) is 6.54 Å². The van der Waals surface area contributed by atoms with Crippen molar-refractivity contribution in [3.63, 3.8) is 0 Å². The minimum absolute atomic E-state index is 0.0353. The molecule has 0 radical (unpaired) electrons. The van der Waals surface area contributed by atoms with Crippen LogP contribution in [-0.4, -0.2) is 16.9 Å². The molecule has 1 atom stereocenters. The van der Waals surface area contributed by atoms with Gasteiger partial charge in [0.25, 0.3) is 0 Å². The molecule has 1 aromatic heterocycles. The van der Waals surface area contributed by atoms with Crippen LogP contribution < -0.4 is 4.74 Å². The van der Waals surface area contributed by atoms with Gasteiger partial charge in [0, 0.05) is 17.3 Å². The number of alkyl halides is 1. The summed E-state index contributed by atoms with van der Waals surface area (Å²) in [7, 11) is 1.69. The van der Waals surface area contributed by atoms with Crippen molar-refractivity contribution in [3.05, 3.63) is 47.3 Å². The van der Waals surface area contributed by atoms with Crippen molar-refractivity contribution in [1.29, 1.82) is 0 Å². The molecule has 4 heteroatoms. The second-order valence-corrected chi connectivity index (χ2v) is 5.19. The first-order valence-electron chi connectivity index (χ1n) is 6.44. The van der Waals surface area contributed by atoms with Crippen LogP contribution in [0.4, 0.5) is 0 Å². The summed E-state index contributed by atoms with van der Waals surface area (Å²) in [6.07, 6.45) is 4.74. The lowest BCUT2D eigenvalue weighted by Crippen LogP contribution is -2.02. The molecule has 0 aliphatic carbocycles. The minimum Gasteiger partial charge on any atom is -0.496 e. The van der Waals surface area contributed by atoms with Crippen LogP contribution in [0.25, 0.3) is 0 Å². The predicted octanol–water partition coefficient (Wildman–Crippen LogP) is 3.94. The molecule has 0 aliphatic heterocycles. The average molecular weight is 279 g/mol. The summed E-state index contributed by atoms with van der Waals surface area (Å²) in [6, 6.07) is 6.16. The van der Waals surface area contributed by atoms with E-state index >= 15 is 0 Å². The van der Waals surface area contributed by atoms with Gasteiger partial charge in [-0.2, -0.15) is 5.10 Å². The van der Waals surface area contributed by atoms with E-state index < -0.39 is 0 Å². The van der Waals surface area contributed by atoms with Crippen molar-refractivity contribution < 1.29 is 4.74 Å². The molecule has 0 spiro atoms. The molecule has 0 saturated heterocycles. The van der Waals surface area contributed by atoms with E-state index in [0.717, 1.165) is 23.3 Å². The van der Waals surface area contributed by atoms with E-state index in [1.54, 1.807) is 7.11 Å². The lowest BCUT2D eigenvalue weighted by molar-refractivity contribution is 0.407. The molecule has 2 aromatic rings. The fourth-order valence-electron chi connectivity index (χ4n) is 2.07. The van der Waals surface area contributed by atoms with Crippen LogP contribution in [0, 0.1) is 6.92 Å². The molecule has 0 fully saturated rings. The number of methoxy groups -OCH3 is 1. The maximum atomic E-state index is 6.21. The molecule has 102 valence electrons. The number of hydrogen-bond donors (Lipinski definition) is 0. The fraction of sp³-hybridized carbons (Fsp3) is 0.400. The average Bonchev–Trinajstić information content (AvgIpc) is 2.86. The lowest BCUT2D eigenvalue weighted by Gasteiger charge is -2.09. The van der Waals surface area contributed by atoms with Gasteiger partial charge in [0.05, 0.1) is 25.2 Å². The number of aromatic nitrogens is 2. The molecule has 1 unspecified atom stereocenters. The van der Waals surface area contributed by atoms with Crippen molar-refractivity contribution in [2.75, 3.05) is 7.11 Å². The van der Waals surface area contributed by atoms with Gasteiger partial charge in [-0.1, -0.05) is 24.6 Å². The smallest absolute Gasteiger partial charge is 0.123 e. The van der Waals surface area contributed by atoms with Crippen molar-refractivity contribution >= 4 is 11.6 Å². The Balaban J connectivity index is 2.21. The summed E-state index contributed by atoms with van der Waals surface area (Å²) in [5, 5.41) is 4.40. The highest BCUT2D eigenvalue weighted by Gasteiger charge is 2.09. The molecule has 0 aliphatic rings. The van der Waals surface area contributed by atoms with Gasteiger partial charge in [0.15, 0.2) is 0 Å². The molecular weight excluding hydrogens is 260 g/mol. The standard InChI is InChI=1S/C15H19ClN2O/c1-4-14(16)13-8-17-18(10-13)9-12-7-11(2)5-6-15(12)19-3/h5-8,10,14H,4,9H2,1-3H3. The summed E-state index contributed by atoms with van der Waals surface area (Å²) < 4.78 is 7.28. The Morgan fingerprint density at radius 1 is 1.42 bits per heavy atom. The summed E-state index contributed by atoms with van der Waals surface area (Å²) in [5.41, 5.74) is 3.41. The molecule has 1 heterocycles. The van der Waals surface area contributed by atoms with E-state index in [1.165, 1.54) is 5.56 Å². The lowest BCUT2D eigenvalue weighted by atomic mass is 10.1. The Hall–Kier alpha value is -1.48. The summed E-state index contributed by atoms with van der Waals surface area (Å²) in [4.78, 5) is 0. The van der Waals surface area contributed by atoms with Gasteiger partial charge < -0.3 is 4.74 Å². The number of halogens is 1. The van der Waals surface area contributed by atoms with Crippen LogP contribution in [0.1, 0.15) is 35.4 Å². The first-order valence-corrected chi connectivity index (χ1v) is 6.87. The molecule has 1 aromatic carbocycles. The van der Waals surface area contributed by atoms with E-state index in [1.807, 2.05) is 29.2 Å². The van der Waals surface area contributed by atoms with Gasteiger partial charge in [-0.25, -0.2) is 0 Å². The van der Waals surface area contributed by atoms with E-state index in [4.69, 9.17) is 16.3 Å². The number of aryl methyl sites for hydroxylation is 1. The molecule has 3 nitrogen and oxygen atoms in total. The third kappa shape index (κ3) is 3.29. The van der Waals surface area contributed by atoms with E-state index in [9.17, 15) is 0 Å². The Bertz CT molecular complexity index is 551. The zero-order chi connectivity index (χ0) is 13.8. The SMILES string of the molecule is CCC(Cl)c1cnn(Cc2cc(C)ccc2OC)c1. The minimum atomic E-state index is 0.0353. The van der Waals surface area contributed by atoms with Crippen LogP contribution in [-0.2, 0) is 6.54 Å². The van der Waals surface area contributed by atoms with Crippen molar-refractivity contribution in [2.45, 2.75) is 32.2 Å².